The lowest BCUT2D eigenvalue weighted by molar-refractivity contribution is -0.135. The number of aromatic nitrogens is 2. The fourth-order valence-electron chi connectivity index (χ4n) is 3.12. The first-order valence-electron chi connectivity index (χ1n) is 7.30. The number of ether oxygens (including phenoxy) is 1. The van der Waals surface area contributed by atoms with Crippen LogP contribution in [0.2, 0.25) is 0 Å². The Hall–Kier alpha value is -1.40. The van der Waals surface area contributed by atoms with Crippen LogP contribution in [0.1, 0.15) is 24.2 Å². The van der Waals surface area contributed by atoms with Crippen molar-refractivity contribution in [1.29, 1.82) is 0 Å². The van der Waals surface area contributed by atoms with Crippen molar-refractivity contribution in [3.05, 3.63) is 17.7 Å². The van der Waals surface area contributed by atoms with E-state index in [1.807, 2.05) is 4.90 Å². The summed E-state index contributed by atoms with van der Waals surface area (Å²) in [5.41, 5.74) is 2.13. The van der Waals surface area contributed by atoms with Crippen molar-refractivity contribution in [2.24, 2.45) is 5.92 Å². The van der Waals surface area contributed by atoms with E-state index in [0.29, 0.717) is 18.9 Å². The number of aromatic amines is 1. The van der Waals surface area contributed by atoms with E-state index in [-0.39, 0.29) is 11.9 Å². The maximum atomic E-state index is 12.5. The van der Waals surface area contributed by atoms with Crippen LogP contribution < -0.4 is 5.32 Å². The number of nitrogens with zero attached hydrogens (tertiary/aromatic N) is 2. The number of carbonyl (C=O) groups is 1. The molecule has 2 aliphatic heterocycles. The molecule has 1 amide bonds. The number of imidazole rings is 1. The predicted octanol–water partition coefficient (Wildman–Crippen LogP) is 0.309. The fraction of sp³-hybridized carbons (Fsp3) is 0.714. The van der Waals surface area contributed by atoms with Crippen LogP contribution in [0.25, 0.3) is 0 Å². The number of methoxy groups -OCH3 is 1. The topological polar surface area (TPSA) is 70.2 Å². The van der Waals surface area contributed by atoms with Gasteiger partial charge in [0.05, 0.1) is 23.8 Å². The Labute approximate surface area is 118 Å². The van der Waals surface area contributed by atoms with E-state index in [2.05, 4.69) is 15.3 Å². The third-order valence-electron chi connectivity index (χ3n) is 4.36. The average Bonchev–Trinajstić information content (AvgIpc) is 2.95. The number of piperidine rings is 1. The second-order valence-corrected chi connectivity index (χ2v) is 5.69. The average molecular weight is 278 g/mol. The standard InChI is InChI=1S/C14H22N4O2/c1-20-8-10-2-4-18(5-3-10)14(19)12-6-11-13(7-15-12)17-9-16-11/h9-10,12,15H,2-8H2,1H3,(H,16,17). The molecule has 2 aliphatic rings. The summed E-state index contributed by atoms with van der Waals surface area (Å²) in [4.78, 5) is 21.9. The van der Waals surface area contributed by atoms with Gasteiger partial charge in [0.25, 0.3) is 0 Å². The summed E-state index contributed by atoms with van der Waals surface area (Å²) in [7, 11) is 1.74. The molecule has 1 saturated heterocycles. The Morgan fingerprint density at radius 2 is 2.30 bits per heavy atom. The van der Waals surface area contributed by atoms with Crippen LogP contribution in [0.15, 0.2) is 6.33 Å². The Balaban J connectivity index is 1.55. The third kappa shape index (κ3) is 2.71. The van der Waals surface area contributed by atoms with Gasteiger partial charge < -0.3 is 14.6 Å². The summed E-state index contributed by atoms with van der Waals surface area (Å²) in [6.45, 7) is 3.20. The molecule has 1 unspecified atom stereocenters. The van der Waals surface area contributed by atoms with Gasteiger partial charge in [-0.25, -0.2) is 4.98 Å². The van der Waals surface area contributed by atoms with Crippen LogP contribution in [0.5, 0.6) is 0 Å². The molecule has 110 valence electrons. The molecule has 20 heavy (non-hydrogen) atoms. The quantitative estimate of drug-likeness (QED) is 0.835. The second-order valence-electron chi connectivity index (χ2n) is 5.69. The van der Waals surface area contributed by atoms with Gasteiger partial charge in [-0.3, -0.25) is 10.1 Å². The summed E-state index contributed by atoms with van der Waals surface area (Å²) in [6.07, 6.45) is 4.48. The Kier molecular flexibility index (Phi) is 4.03. The van der Waals surface area contributed by atoms with Crippen LogP contribution in [-0.2, 0) is 22.5 Å². The maximum absolute atomic E-state index is 12.5. The third-order valence-corrected chi connectivity index (χ3v) is 4.36. The van der Waals surface area contributed by atoms with Gasteiger partial charge in [0.1, 0.15) is 0 Å². The van der Waals surface area contributed by atoms with Gasteiger partial charge in [-0.05, 0) is 18.8 Å². The van der Waals surface area contributed by atoms with Gasteiger partial charge >= 0.3 is 0 Å². The molecule has 3 rings (SSSR count). The molecule has 0 aromatic carbocycles. The first-order valence-corrected chi connectivity index (χ1v) is 7.30. The fourth-order valence-corrected chi connectivity index (χ4v) is 3.12. The van der Waals surface area contributed by atoms with Gasteiger partial charge in [-0.1, -0.05) is 0 Å². The number of fused-ring (bicyclic) bond motifs is 1. The van der Waals surface area contributed by atoms with Crippen molar-refractivity contribution in [3.8, 4) is 0 Å². The normalized spacial score (nSPS) is 23.6. The zero-order valence-electron chi connectivity index (χ0n) is 11.9. The molecule has 0 radical (unpaired) electrons. The number of rotatable bonds is 3. The predicted molar refractivity (Wildman–Crippen MR) is 74.1 cm³/mol. The van der Waals surface area contributed by atoms with Crippen LogP contribution in [0.3, 0.4) is 0 Å². The van der Waals surface area contributed by atoms with Crippen LogP contribution >= 0.6 is 0 Å². The summed E-state index contributed by atoms with van der Waals surface area (Å²) in [5, 5.41) is 3.31. The molecule has 6 heteroatoms. The molecule has 1 aromatic rings. The number of hydrogen-bond donors (Lipinski definition) is 2. The van der Waals surface area contributed by atoms with E-state index in [1.54, 1.807) is 13.4 Å². The molecule has 0 bridgehead atoms. The molecule has 0 spiro atoms. The van der Waals surface area contributed by atoms with E-state index < -0.39 is 0 Å². The molecule has 0 saturated carbocycles. The van der Waals surface area contributed by atoms with E-state index >= 15 is 0 Å². The lowest BCUT2D eigenvalue weighted by atomic mass is 9.96. The minimum absolute atomic E-state index is 0.121. The number of likely N-dealkylation sites (tertiary alicyclic amines) is 1. The molecule has 1 aromatic heterocycles. The van der Waals surface area contributed by atoms with Gasteiger partial charge in [0, 0.05) is 39.8 Å². The Bertz CT molecular complexity index is 465. The highest BCUT2D eigenvalue weighted by atomic mass is 16.5. The van der Waals surface area contributed by atoms with Crippen LogP contribution in [0, 0.1) is 5.92 Å². The van der Waals surface area contributed by atoms with Crippen molar-refractivity contribution in [3.63, 3.8) is 0 Å². The van der Waals surface area contributed by atoms with E-state index in [1.165, 1.54) is 0 Å². The molecular formula is C14H22N4O2. The summed E-state index contributed by atoms with van der Waals surface area (Å²) in [5.74, 6) is 0.816. The molecular weight excluding hydrogens is 256 g/mol. The van der Waals surface area contributed by atoms with Gasteiger partial charge in [0.15, 0.2) is 0 Å². The smallest absolute Gasteiger partial charge is 0.240 e. The highest BCUT2D eigenvalue weighted by molar-refractivity contribution is 5.82. The summed E-state index contributed by atoms with van der Waals surface area (Å²) >= 11 is 0. The summed E-state index contributed by atoms with van der Waals surface area (Å²) < 4.78 is 5.20. The Morgan fingerprint density at radius 1 is 1.50 bits per heavy atom. The summed E-state index contributed by atoms with van der Waals surface area (Å²) in [6, 6.07) is -0.121. The van der Waals surface area contributed by atoms with E-state index in [4.69, 9.17) is 4.74 Å². The Morgan fingerprint density at radius 3 is 3.05 bits per heavy atom. The minimum Gasteiger partial charge on any atom is -0.384 e. The zero-order chi connectivity index (χ0) is 13.9. The molecule has 6 nitrogen and oxygen atoms in total. The number of hydrogen-bond acceptors (Lipinski definition) is 4. The highest BCUT2D eigenvalue weighted by Crippen LogP contribution is 2.20. The number of nitrogens with one attached hydrogen (secondary N) is 2. The van der Waals surface area contributed by atoms with Crippen LogP contribution in [0.4, 0.5) is 0 Å². The van der Waals surface area contributed by atoms with Crippen molar-refractivity contribution in [2.45, 2.75) is 31.8 Å². The molecule has 1 fully saturated rings. The molecule has 2 N–H and O–H groups in total. The minimum atomic E-state index is -0.121. The van der Waals surface area contributed by atoms with Gasteiger partial charge in [-0.2, -0.15) is 0 Å². The monoisotopic (exact) mass is 278 g/mol. The lowest BCUT2D eigenvalue weighted by Gasteiger charge is -2.35. The van der Waals surface area contributed by atoms with Gasteiger partial charge in [-0.15, -0.1) is 0 Å². The van der Waals surface area contributed by atoms with Crippen molar-refractivity contribution in [2.75, 3.05) is 26.8 Å². The zero-order valence-corrected chi connectivity index (χ0v) is 11.9. The number of carbonyl (C=O) groups excluding carboxylic acids is 1. The van der Waals surface area contributed by atoms with Crippen LogP contribution in [-0.4, -0.2) is 53.6 Å². The molecule has 1 atom stereocenters. The second kappa shape index (κ2) is 5.93. The lowest BCUT2D eigenvalue weighted by Crippen LogP contribution is -2.51. The number of H-pyrrole nitrogens is 1. The van der Waals surface area contributed by atoms with Crippen molar-refractivity contribution >= 4 is 5.91 Å². The highest BCUT2D eigenvalue weighted by Gasteiger charge is 2.31. The largest absolute Gasteiger partial charge is 0.384 e. The van der Waals surface area contributed by atoms with Gasteiger partial charge in [0.2, 0.25) is 5.91 Å². The number of amides is 1. The molecule has 0 aliphatic carbocycles. The van der Waals surface area contributed by atoms with E-state index in [9.17, 15) is 4.79 Å². The SMILES string of the molecule is COCC1CCN(C(=O)C2Cc3nc[nH]c3CN2)CC1. The first-order chi connectivity index (χ1) is 9.78. The maximum Gasteiger partial charge on any atom is 0.240 e. The van der Waals surface area contributed by atoms with E-state index in [0.717, 1.165) is 43.9 Å². The first kappa shape index (κ1) is 13.6. The molecule has 3 heterocycles. The van der Waals surface area contributed by atoms with Crippen molar-refractivity contribution < 1.29 is 9.53 Å². The van der Waals surface area contributed by atoms with Crippen molar-refractivity contribution in [1.82, 2.24) is 20.2 Å².